The lowest BCUT2D eigenvalue weighted by Crippen LogP contribution is -2.52. The molecular formula is C32H36N6O3S. The summed E-state index contributed by atoms with van der Waals surface area (Å²) in [5.74, 6) is -0.463. The molecule has 4 heterocycles. The van der Waals surface area contributed by atoms with Gasteiger partial charge in [0.05, 0.1) is 24.5 Å². The molecule has 0 unspecified atom stereocenters. The standard InChI is InChI=1S/C32H36N6O3S/c1-21-19-42-31(35-21)28-10-6-13-38(28)32(41)24-16-23(17-25(18-24)37-14-12-33-20-37)30(40)36-27(15-22-7-3-2-4-8-22)29(39)26-9-5-11-34-26/h2-4,7-8,12,14,16-20,26-29,34,39H,5-6,9-11,13,15H2,1H3,(H,36,40)/t26-,27+,28-,29+/m1/s1. The highest BCUT2D eigenvalue weighted by atomic mass is 32.1. The van der Waals surface area contributed by atoms with Crippen LogP contribution in [-0.2, 0) is 6.42 Å². The first-order valence-electron chi connectivity index (χ1n) is 14.6. The molecule has 9 nitrogen and oxygen atoms in total. The summed E-state index contributed by atoms with van der Waals surface area (Å²) < 4.78 is 1.79. The van der Waals surface area contributed by atoms with Crippen LogP contribution in [0.15, 0.2) is 72.6 Å². The number of aryl methyl sites for hydroxylation is 1. The van der Waals surface area contributed by atoms with Crippen molar-refractivity contribution in [3.05, 3.63) is 100 Å². The second-order valence-electron chi connectivity index (χ2n) is 11.2. The van der Waals surface area contributed by atoms with Crippen molar-refractivity contribution in [2.45, 2.75) is 63.3 Å². The van der Waals surface area contributed by atoms with E-state index in [1.165, 1.54) is 0 Å². The van der Waals surface area contributed by atoms with Crippen molar-refractivity contribution >= 4 is 23.2 Å². The summed E-state index contributed by atoms with van der Waals surface area (Å²) in [5.41, 5.74) is 3.44. The highest BCUT2D eigenvalue weighted by Crippen LogP contribution is 2.35. The van der Waals surface area contributed by atoms with Crippen LogP contribution in [0.25, 0.3) is 5.69 Å². The Kier molecular flexibility index (Phi) is 8.46. The van der Waals surface area contributed by atoms with E-state index in [0.717, 1.165) is 48.5 Å². The van der Waals surface area contributed by atoms with Gasteiger partial charge in [-0.15, -0.1) is 11.3 Å². The number of aliphatic hydroxyl groups is 1. The molecule has 0 spiro atoms. The number of imidazole rings is 1. The van der Waals surface area contributed by atoms with Gasteiger partial charge in [-0.3, -0.25) is 9.59 Å². The molecule has 2 aliphatic heterocycles. The van der Waals surface area contributed by atoms with Crippen LogP contribution in [0, 0.1) is 6.92 Å². The number of amides is 2. The summed E-state index contributed by atoms with van der Waals surface area (Å²) >= 11 is 1.58. The van der Waals surface area contributed by atoms with Crippen LogP contribution in [0.5, 0.6) is 0 Å². The average molecular weight is 585 g/mol. The van der Waals surface area contributed by atoms with Crippen LogP contribution in [0.3, 0.4) is 0 Å². The quantitative estimate of drug-likeness (QED) is 0.274. The lowest BCUT2D eigenvalue weighted by Gasteiger charge is -2.29. The minimum atomic E-state index is -0.762. The van der Waals surface area contributed by atoms with Crippen LogP contribution < -0.4 is 10.6 Å². The molecule has 218 valence electrons. The van der Waals surface area contributed by atoms with E-state index < -0.39 is 12.1 Å². The third-order valence-electron chi connectivity index (χ3n) is 8.20. The van der Waals surface area contributed by atoms with Gasteiger partial charge in [-0.05, 0) is 69.3 Å². The molecule has 0 saturated carbocycles. The van der Waals surface area contributed by atoms with Gasteiger partial charge in [-0.25, -0.2) is 9.97 Å². The van der Waals surface area contributed by atoms with Crippen LogP contribution in [0.1, 0.15) is 68.7 Å². The molecule has 2 fully saturated rings. The number of nitrogens with zero attached hydrogens (tertiary/aromatic N) is 4. The van der Waals surface area contributed by atoms with Gasteiger partial charge in [0.1, 0.15) is 5.01 Å². The number of carbonyl (C=O) groups excluding carboxylic acids is 2. The number of thiazole rings is 1. The zero-order chi connectivity index (χ0) is 29.1. The zero-order valence-corrected chi connectivity index (χ0v) is 24.5. The normalized spacial score (nSPS) is 20.0. The molecule has 0 bridgehead atoms. The summed E-state index contributed by atoms with van der Waals surface area (Å²) in [7, 11) is 0. The molecule has 4 atom stereocenters. The molecule has 42 heavy (non-hydrogen) atoms. The second-order valence-corrected chi connectivity index (χ2v) is 12.1. The Labute approximate surface area is 249 Å². The van der Waals surface area contributed by atoms with Crippen LogP contribution >= 0.6 is 11.3 Å². The first-order valence-corrected chi connectivity index (χ1v) is 15.5. The van der Waals surface area contributed by atoms with E-state index in [0.29, 0.717) is 29.8 Å². The molecule has 0 radical (unpaired) electrons. The molecule has 4 aromatic rings. The van der Waals surface area contributed by atoms with E-state index in [9.17, 15) is 14.7 Å². The SMILES string of the molecule is Cc1csc([C@H]2CCCN2C(=O)c2cc(C(=O)N[C@@H](Cc3ccccc3)[C@@H](O)[C@H]3CCCN3)cc(-n3ccnc3)c2)n1. The lowest BCUT2D eigenvalue weighted by atomic mass is 9.95. The van der Waals surface area contributed by atoms with E-state index in [4.69, 9.17) is 0 Å². The Bertz CT molecular complexity index is 1520. The van der Waals surface area contributed by atoms with Gasteiger partial charge in [0.25, 0.3) is 11.8 Å². The average Bonchev–Trinajstić information content (AvgIpc) is 3.84. The minimum absolute atomic E-state index is 0.0744. The monoisotopic (exact) mass is 584 g/mol. The van der Waals surface area contributed by atoms with E-state index in [-0.39, 0.29) is 23.9 Å². The third kappa shape index (κ3) is 6.16. The van der Waals surface area contributed by atoms with Crippen molar-refractivity contribution in [1.82, 2.24) is 30.1 Å². The van der Waals surface area contributed by atoms with Crippen LogP contribution in [-0.4, -0.2) is 67.6 Å². The first kappa shape index (κ1) is 28.3. The number of hydrogen-bond donors (Lipinski definition) is 3. The van der Waals surface area contributed by atoms with Crippen molar-refractivity contribution in [1.29, 1.82) is 0 Å². The van der Waals surface area contributed by atoms with Gasteiger partial charge in [0.15, 0.2) is 0 Å². The summed E-state index contributed by atoms with van der Waals surface area (Å²) in [6, 6.07) is 14.4. The van der Waals surface area contributed by atoms with Gasteiger partial charge >= 0.3 is 0 Å². The van der Waals surface area contributed by atoms with Gasteiger partial charge in [-0.2, -0.15) is 0 Å². The van der Waals surface area contributed by atoms with Crippen LogP contribution in [0.2, 0.25) is 0 Å². The number of likely N-dealkylation sites (tertiary alicyclic amines) is 1. The van der Waals surface area contributed by atoms with E-state index in [2.05, 4.69) is 20.6 Å². The fourth-order valence-corrected chi connectivity index (χ4v) is 6.99. The van der Waals surface area contributed by atoms with Crippen LogP contribution in [0.4, 0.5) is 0 Å². The maximum atomic E-state index is 14.0. The second kappa shape index (κ2) is 12.6. The maximum absolute atomic E-state index is 14.0. The predicted octanol–water partition coefficient (Wildman–Crippen LogP) is 4.07. The number of carbonyl (C=O) groups is 2. The molecule has 6 rings (SSSR count). The number of benzene rings is 2. The molecule has 2 aromatic carbocycles. The summed E-state index contributed by atoms with van der Waals surface area (Å²) in [6.45, 7) is 3.45. The Morgan fingerprint density at radius 1 is 1.14 bits per heavy atom. The number of aliphatic hydroxyl groups excluding tert-OH is 1. The Balaban J connectivity index is 1.30. The zero-order valence-electron chi connectivity index (χ0n) is 23.6. The third-order valence-corrected chi connectivity index (χ3v) is 9.27. The first-order chi connectivity index (χ1) is 20.5. The summed E-state index contributed by atoms with van der Waals surface area (Å²) in [5, 5.41) is 20.8. The lowest BCUT2D eigenvalue weighted by molar-refractivity contribution is 0.0733. The Morgan fingerprint density at radius 2 is 1.98 bits per heavy atom. The van der Waals surface area contributed by atoms with Gasteiger partial charge < -0.3 is 25.2 Å². The molecule has 2 saturated heterocycles. The molecule has 2 aromatic heterocycles. The van der Waals surface area contributed by atoms with Gasteiger partial charge in [-0.1, -0.05) is 30.3 Å². The Hall–Kier alpha value is -3.86. The molecule has 0 aliphatic carbocycles. The number of rotatable bonds is 9. The number of aromatic nitrogens is 3. The van der Waals surface area contributed by atoms with Crippen molar-refractivity contribution in [2.24, 2.45) is 0 Å². The summed E-state index contributed by atoms with van der Waals surface area (Å²) in [4.78, 5) is 38.5. The topological polar surface area (TPSA) is 112 Å². The van der Waals surface area contributed by atoms with E-state index >= 15 is 0 Å². The Morgan fingerprint density at radius 3 is 2.69 bits per heavy atom. The van der Waals surface area contributed by atoms with Gasteiger partial charge in [0, 0.05) is 52.9 Å². The molecular weight excluding hydrogens is 548 g/mol. The highest BCUT2D eigenvalue weighted by Gasteiger charge is 2.34. The smallest absolute Gasteiger partial charge is 0.254 e. The molecule has 3 N–H and O–H groups in total. The number of hydrogen-bond acceptors (Lipinski definition) is 7. The van der Waals surface area contributed by atoms with Crippen molar-refractivity contribution < 1.29 is 14.7 Å². The van der Waals surface area contributed by atoms with Crippen molar-refractivity contribution in [2.75, 3.05) is 13.1 Å². The molecule has 2 aliphatic rings. The summed E-state index contributed by atoms with van der Waals surface area (Å²) in [6.07, 6.45) is 8.43. The molecule has 2 amide bonds. The molecule has 10 heteroatoms. The largest absolute Gasteiger partial charge is 0.389 e. The predicted molar refractivity (Wildman–Crippen MR) is 162 cm³/mol. The number of nitrogens with one attached hydrogen (secondary N) is 2. The minimum Gasteiger partial charge on any atom is -0.389 e. The van der Waals surface area contributed by atoms with E-state index in [1.54, 1.807) is 46.8 Å². The maximum Gasteiger partial charge on any atom is 0.254 e. The van der Waals surface area contributed by atoms with E-state index in [1.807, 2.05) is 53.6 Å². The fraction of sp³-hybridized carbons (Fsp3) is 0.375. The van der Waals surface area contributed by atoms with Gasteiger partial charge in [0.2, 0.25) is 0 Å². The van der Waals surface area contributed by atoms with Crippen molar-refractivity contribution in [3.63, 3.8) is 0 Å². The van der Waals surface area contributed by atoms with Crippen molar-refractivity contribution in [3.8, 4) is 5.69 Å². The highest BCUT2D eigenvalue weighted by molar-refractivity contribution is 7.09. The fourth-order valence-electron chi connectivity index (χ4n) is 6.04.